The van der Waals surface area contributed by atoms with Crippen molar-refractivity contribution in [3.8, 4) is 6.07 Å². The molecule has 16 heteroatoms. The number of β-lactam (4-membered cyclic amide) rings is 1. The van der Waals surface area contributed by atoms with E-state index in [1.54, 1.807) is 36.4 Å². The molecular formula is C25H22N6O8S2. The number of amides is 2. The molecule has 0 aliphatic carbocycles. The first-order valence-electron chi connectivity index (χ1n) is 11.7. The van der Waals surface area contributed by atoms with E-state index in [1.165, 1.54) is 31.0 Å². The number of carboxylic acid groups (broad SMARTS) is 2. The van der Waals surface area contributed by atoms with Crippen LogP contribution < -0.4 is 11.1 Å². The Morgan fingerprint density at radius 3 is 2.56 bits per heavy atom. The number of oxime groups is 1. The minimum atomic E-state index is -1.77. The number of carbonyl (C=O) groups is 4. The number of anilines is 1. The van der Waals surface area contributed by atoms with Crippen molar-refractivity contribution >= 4 is 64.0 Å². The fourth-order valence-corrected chi connectivity index (χ4v) is 5.41. The highest BCUT2D eigenvalue weighted by Gasteiger charge is 2.54. The number of benzene rings is 1. The van der Waals surface area contributed by atoms with Gasteiger partial charge in [-0.1, -0.05) is 29.4 Å². The van der Waals surface area contributed by atoms with Gasteiger partial charge in [0.15, 0.2) is 10.8 Å². The lowest BCUT2D eigenvalue weighted by Gasteiger charge is -2.48. The van der Waals surface area contributed by atoms with E-state index < -0.39 is 46.7 Å². The molecule has 14 nitrogen and oxygen atoms in total. The molecule has 1 aromatic carbocycles. The standard InChI is InChI=1S/C25H22N6O8S2/c1-25(2,22(34)35)39-30-16(15-11-41-23(27)28-15)18(32)29-17-19(33)31-20(38-24(36)37)14(10-40-21(17)31)8-7-12-3-5-13(9-26)6-4-12/h3-8,11,17,21H,10H2,1-2H3,(H2,27,28)(H,29,32)(H,34,35)(H,36,37)/t17?,21-/m0/s1. The summed E-state index contributed by atoms with van der Waals surface area (Å²) >= 11 is 2.28. The molecule has 2 atom stereocenters. The lowest BCUT2D eigenvalue weighted by atomic mass is 10.0. The van der Waals surface area contributed by atoms with Crippen molar-refractivity contribution in [3.63, 3.8) is 0 Å². The summed E-state index contributed by atoms with van der Waals surface area (Å²) in [6.07, 6.45) is 1.68. The van der Waals surface area contributed by atoms with Crippen molar-refractivity contribution in [1.82, 2.24) is 15.2 Å². The number of ether oxygens (including phenoxy) is 1. The Morgan fingerprint density at radius 2 is 1.98 bits per heavy atom. The molecule has 212 valence electrons. The van der Waals surface area contributed by atoms with Crippen LogP contribution in [0.5, 0.6) is 0 Å². The molecule has 1 aromatic heterocycles. The Hall–Kier alpha value is -4.88. The first-order chi connectivity index (χ1) is 19.4. The number of hydrogen-bond acceptors (Lipinski definition) is 12. The van der Waals surface area contributed by atoms with Crippen LogP contribution in [0.15, 0.2) is 52.3 Å². The van der Waals surface area contributed by atoms with E-state index in [9.17, 15) is 29.4 Å². The van der Waals surface area contributed by atoms with E-state index >= 15 is 0 Å². The number of nitrogens with zero attached hydrogens (tertiary/aromatic N) is 4. The SMILES string of the molecule is CC(C)(ON=C(C(=O)NC1C(=O)N2C(OC(=O)O)=C(C=Cc3ccc(C#N)cc3)CS[C@@H]12)c1csc(N)n1)C(=O)O. The number of aliphatic carboxylic acids is 1. The number of nitriles is 1. The summed E-state index contributed by atoms with van der Waals surface area (Å²) in [5, 5.41) is 34.6. The molecule has 0 bridgehead atoms. The van der Waals surface area contributed by atoms with E-state index in [-0.39, 0.29) is 22.5 Å². The number of carboxylic acids is 1. The van der Waals surface area contributed by atoms with Gasteiger partial charge in [-0.3, -0.25) is 14.5 Å². The Balaban J connectivity index is 1.55. The Morgan fingerprint density at radius 1 is 1.27 bits per heavy atom. The molecule has 41 heavy (non-hydrogen) atoms. The van der Waals surface area contributed by atoms with E-state index in [0.717, 1.165) is 21.8 Å². The number of fused-ring (bicyclic) bond motifs is 1. The average Bonchev–Trinajstić information content (AvgIpc) is 3.36. The van der Waals surface area contributed by atoms with Gasteiger partial charge in [-0.2, -0.15) is 5.26 Å². The molecular weight excluding hydrogens is 576 g/mol. The molecule has 2 amide bonds. The minimum Gasteiger partial charge on any atom is -0.478 e. The molecule has 0 radical (unpaired) electrons. The topological polar surface area (TPSA) is 218 Å². The molecule has 2 aliphatic heterocycles. The molecule has 1 fully saturated rings. The molecule has 5 N–H and O–H groups in total. The van der Waals surface area contributed by atoms with Gasteiger partial charge in [0.25, 0.3) is 11.8 Å². The quantitative estimate of drug-likeness (QED) is 0.141. The molecule has 3 heterocycles. The van der Waals surface area contributed by atoms with Crippen LogP contribution >= 0.6 is 23.1 Å². The van der Waals surface area contributed by atoms with Gasteiger partial charge in [0.1, 0.15) is 17.1 Å². The fraction of sp³-hybridized carbons (Fsp3) is 0.240. The van der Waals surface area contributed by atoms with Crippen LogP contribution in [0.1, 0.15) is 30.7 Å². The van der Waals surface area contributed by atoms with Crippen LogP contribution in [-0.4, -0.2) is 72.5 Å². The summed E-state index contributed by atoms with van der Waals surface area (Å²) in [7, 11) is 0. The Bertz CT molecular complexity index is 1540. The van der Waals surface area contributed by atoms with Crippen LogP contribution in [0.2, 0.25) is 0 Å². The summed E-state index contributed by atoms with van der Waals surface area (Å²) in [4.78, 5) is 59.4. The highest BCUT2D eigenvalue weighted by atomic mass is 32.2. The number of aromatic nitrogens is 1. The maximum absolute atomic E-state index is 13.2. The Labute approximate surface area is 240 Å². The van der Waals surface area contributed by atoms with Gasteiger partial charge in [-0.15, -0.1) is 23.1 Å². The van der Waals surface area contributed by atoms with Crippen LogP contribution in [0.4, 0.5) is 9.93 Å². The second-order valence-corrected chi connectivity index (χ2v) is 11.0. The predicted octanol–water partition coefficient (Wildman–Crippen LogP) is 2.20. The number of nitrogen functional groups attached to an aromatic ring is 1. The van der Waals surface area contributed by atoms with Crippen molar-refractivity contribution in [2.75, 3.05) is 11.5 Å². The van der Waals surface area contributed by atoms with E-state index in [0.29, 0.717) is 11.1 Å². The molecule has 0 saturated carbocycles. The molecule has 2 aliphatic rings. The average molecular weight is 599 g/mol. The first kappa shape index (κ1) is 29.1. The molecule has 4 rings (SSSR count). The van der Waals surface area contributed by atoms with Crippen molar-refractivity contribution in [1.29, 1.82) is 5.26 Å². The van der Waals surface area contributed by atoms with Crippen molar-refractivity contribution in [2.45, 2.75) is 30.9 Å². The lowest BCUT2D eigenvalue weighted by molar-refractivity contribution is -0.161. The van der Waals surface area contributed by atoms with Gasteiger partial charge in [0.2, 0.25) is 11.5 Å². The van der Waals surface area contributed by atoms with Gasteiger partial charge in [0.05, 0.1) is 11.6 Å². The highest BCUT2D eigenvalue weighted by molar-refractivity contribution is 8.00. The maximum atomic E-state index is 13.2. The molecule has 1 unspecified atom stereocenters. The van der Waals surface area contributed by atoms with Crippen LogP contribution in [-0.2, 0) is 24.0 Å². The summed E-state index contributed by atoms with van der Waals surface area (Å²) in [5.41, 5.74) is 5.15. The third-order valence-electron chi connectivity index (χ3n) is 5.79. The zero-order chi connectivity index (χ0) is 29.9. The van der Waals surface area contributed by atoms with Crippen LogP contribution in [0.3, 0.4) is 0 Å². The van der Waals surface area contributed by atoms with Gasteiger partial charge < -0.3 is 30.8 Å². The van der Waals surface area contributed by atoms with Crippen molar-refractivity contribution < 1.29 is 39.0 Å². The minimum absolute atomic E-state index is 0.0103. The number of rotatable bonds is 9. The van der Waals surface area contributed by atoms with Gasteiger partial charge >= 0.3 is 12.1 Å². The highest BCUT2D eigenvalue weighted by Crippen LogP contribution is 2.41. The predicted molar refractivity (Wildman–Crippen MR) is 147 cm³/mol. The summed E-state index contributed by atoms with van der Waals surface area (Å²) < 4.78 is 4.96. The number of nitrogens with two attached hydrogens (primary N) is 1. The third-order valence-corrected chi connectivity index (χ3v) is 7.77. The van der Waals surface area contributed by atoms with Gasteiger partial charge in [0, 0.05) is 16.7 Å². The van der Waals surface area contributed by atoms with Crippen molar-refractivity contribution in [2.24, 2.45) is 5.16 Å². The molecule has 2 aromatic rings. The third kappa shape index (κ3) is 6.31. The zero-order valence-corrected chi connectivity index (χ0v) is 23.1. The number of thioether (sulfide) groups is 1. The number of carbonyl (C=O) groups excluding carboxylic acids is 2. The van der Waals surface area contributed by atoms with E-state index in [1.807, 2.05) is 6.07 Å². The summed E-state index contributed by atoms with van der Waals surface area (Å²) in [6.45, 7) is 2.47. The lowest BCUT2D eigenvalue weighted by Crippen LogP contribution is -2.70. The largest absolute Gasteiger partial charge is 0.512 e. The van der Waals surface area contributed by atoms with Gasteiger partial charge in [-0.25, -0.2) is 14.6 Å². The molecule has 0 spiro atoms. The second kappa shape index (κ2) is 11.7. The number of hydrogen-bond donors (Lipinski definition) is 4. The van der Waals surface area contributed by atoms with Gasteiger partial charge in [-0.05, 0) is 31.5 Å². The summed E-state index contributed by atoms with van der Waals surface area (Å²) in [5.74, 6) is -2.79. The number of allylic oxidation sites excluding steroid dienone is 1. The van der Waals surface area contributed by atoms with E-state index in [4.69, 9.17) is 20.6 Å². The Kier molecular flexibility index (Phi) is 8.31. The fourth-order valence-electron chi connectivity index (χ4n) is 3.57. The summed E-state index contributed by atoms with van der Waals surface area (Å²) in [6, 6.07) is 7.62. The number of nitrogens with one attached hydrogen (secondary N) is 1. The monoisotopic (exact) mass is 598 g/mol. The maximum Gasteiger partial charge on any atom is 0.512 e. The van der Waals surface area contributed by atoms with Crippen molar-refractivity contribution in [3.05, 3.63) is 64.0 Å². The van der Waals surface area contributed by atoms with Crippen LogP contribution in [0.25, 0.3) is 6.08 Å². The molecule has 1 saturated heterocycles. The first-order valence-corrected chi connectivity index (χ1v) is 13.6. The second-order valence-electron chi connectivity index (χ2n) is 9.04. The van der Waals surface area contributed by atoms with E-state index in [2.05, 4.69) is 15.5 Å². The zero-order valence-electron chi connectivity index (χ0n) is 21.4. The van der Waals surface area contributed by atoms with Crippen LogP contribution in [0, 0.1) is 11.3 Å². The normalized spacial score (nSPS) is 18.8. The smallest absolute Gasteiger partial charge is 0.478 e. The number of thiazole rings is 1.